The van der Waals surface area contributed by atoms with E-state index >= 15 is 0 Å². The Kier molecular flexibility index (Phi) is 6.23. The molecule has 0 atom stereocenters. The quantitative estimate of drug-likeness (QED) is 0.605. The standard InChI is InChI=1S/C20H22N4O3S/c1-21-28(26,27)18-9-7-17(8-10-18)20(25)23-12-11-19-22-13-14-24(19)15-16-5-3-2-4-6-16/h2-10,13-14,21H,11-12,15H2,1H3,(H,23,25). The normalized spacial score (nSPS) is 11.3. The predicted octanol–water partition coefficient (Wildman–Crippen LogP) is 1.81. The fourth-order valence-corrected chi connectivity index (χ4v) is 3.52. The van der Waals surface area contributed by atoms with Gasteiger partial charge in [-0.05, 0) is 36.9 Å². The van der Waals surface area contributed by atoms with Crippen LogP contribution in [-0.4, -0.2) is 37.5 Å². The van der Waals surface area contributed by atoms with Crippen LogP contribution in [0, 0.1) is 0 Å². The number of sulfonamides is 1. The van der Waals surface area contributed by atoms with Crippen LogP contribution in [0.15, 0.2) is 71.9 Å². The molecule has 2 N–H and O–H groups in total. The Balaban J connectivity index is 1.56. The molecule has 7 nitrogen and oxygen atoms in total. The first-order chi connectivity index (χ1) is 13.5. The van der Waals surface area contributed by atoms with Gasteiger partial charge in [0, 0.05) is 37.5 Å². The van der Waals surface area contributed by atoms with Crippen LogP contribution in [0.2, 0.25) is 0 Å². The van der Waals surface area contributed by atoms with Crippen molar-refractivity contribution < 1.29 is 13.2 Å². The van der Waals surface area contributed by atoms with Crippen LogP contribution in [0.5, 0.6) is 0 Å². The van der Waals surface area contributed by atoms with Crippen LogP contribution in [0.25, 0.3) is 0 Å². The molecular formula is C20H22N4O3S. The highest BCUT2D eigenvalue weighted by Gasteiger charge is 2.12. The van der Waals surface area contributed by atoms with Crippen molar-refractivity contribution in [2.24, 2.45) is 0 Å². The van der Waals surface area contributed by atoms with Crippen molar-refractivity contribution in [2.75, 3.05) is 13.6 Å². The van der Waals surface area contributed by atoms with E-state index < -0.39 is 10.0 Å². The Morgan fingerprint density at radius 2 is 1.79 bits per heavy atom. The lowest BCUT2D eigenvalue weighted by Crippen LogP contribution is -2.26. The second-order valence-corrected chi connectivity index (χ2v) is 8.08. The molecular weight excluding hydrogens is 376 g/mol. The minimum atomic E-state index is -3.51. The molecule has 28 heavy (non-hydrogen) atoms. The van der Waals surface area contributed by atoms with Crippen LogP contribution >= 0.6 is 0 Å². The summed E-state index contributed by atoms with van der Waals surface area (Å²) in [5, 5.41) is 2.84. The van der Waals surface area contributed by atoms with Gasteiger partial charge in [-0.1, -0.05) is 30.3 Å². The van der Waals surface area contributed by atoms with Crippen molar-refractivity contribution in [2.45, 2.75) is 17.9 Å². The summed E-state index contributed by atoms with van der Waals surface area (Å²) >= 11 is 0. The van der Waals surface area contributed by atoms with Crippen molar-refractivity contribution in [1.29, 1.82) is 0 Å². The molecule has 0 aliphatic rings. The Bertz CT molecular complexity index is 1030. The highest BCUT2D eigenvalue weighted by molar-refractivity contribution is 7.89. The van der Waals surface area contributed by atoms with E-state index in [9.17, 15) is 13.2 Å². The second kappa shape index (κ2) is 8.81. The molecule has 0 spiro atoms. The smallest absolute Gasteiger partial charge is 0.251 e. The van der Waals surface area contributed by atoms with Crippen LogP contribution in [0.4, 0.5) is 0 Å². The van der Waals surface area contributed by atoms with Gasteiger partial charge in [-0.15, -0.1) is 0 Å². The third kappa shape index (κ3) is 4.85. The fourth-order valence-electron chi connectivity index (χ4n) is 2.79. The van der Waals surface area contributed by atoms with E-state index in [1.165, 1.54) is 36.9 Å². The monoisotopic (exact) mass is 398 g/mol. The van der Waals surface area contributed by atoms with E-state index in [4.69, 9.17) is 0 Å². The Hall–Kier alpha value is -2.97. The molecule has 0 radical (unpaired) electrons. The maximum absolute atomic E-state index is 12.3. The topological polar surface area (TPSA) is 93.1 Å². The Labute approximate surface area is 164 Å². The van der Waals surface area contributed by atoms with E-state index in [0.717, 1.165) is 12.4 Å². The van der Waals surface area contributed by atoms with Crippen molar-refractivity contribution in [3.63, 3.8) is 0 Å². The summed E-state index contributed by atoms with van der Waals surface area (Å²) in [7, 11) is -2.17. The van der Waals surface area contributed by atoms with E-state index in [1.54, 1.807) is 6.20 Å². The average molecular weight is 398 g/mol. The Morgan fingerprint density at radius 3 is 2.46 bits per heavy atom. The van der Waals surface area contributed by atoms with E-state index in [2.05, 4.69) is 31.7 Å². The van der Waals surface area contributed by atoms with E-state index in [1.807, 2.05) is 24.4 Å². The maximum atomic E-state index is 12.3. The molecule has 0 unspecified atom stereocenters. The summed E-state index contributed by atoms with van der Waals surface area (Å²) in [6.07, 6.45) is 4.27. The molecule has 0 fully saturated rings. The minimum Gasteiger partial charge on any atom is -0.352 e. The molecule has 146 valence electrons. The van der Waals surface area contributed by atoms with Crippen molar-refractivity contribution >= 4 is 15.9 Å². The molecule has 2 aromatic carbocycles. The van der Waals surface area contributed by atoms with Crippen LogP contribution in [0.3, 0.4) is 0 Å². The first kappa shape index (κ1) is 19.8. The number of amides is 1. The average Bonchev–Trinajstić information content (AvgIpc) is 3.15. The Morgan fingerprint density at radius 1 is 1.07 bits per heavy atom. The third-order valence-electron chi connectivity index (χ3n) is 4.33. The summed E-state index contributed by atoms with van der Waals surface area (Å²) in [6, 6.07) is 15.9. The lowest BCUT2D eigenvalue weighted by atomic mass is 10.2. The second-order valence-electron chi connectivity index (χ2n) is 6.19. The number of imidazole rings is 1. The lowest BCUT2D eigenvalue weighted by molar-refractivity contribution is 0.0954. The lowest BCUT2D eigenvalue weighted by Gasteiger charge is -2.09. The molecule has 3 aromatic rings. The largest absolute Gasteiger partial charge is 0.352 e. The van der Waals surface area contributed by atoms with E-state index in [-0.39, 0.29) is 10.8 Å². The number of carbonyl (C=O) groups excluding carboxylic acids is 1. The molecule has 0 aliphatic carbocycles. The number of nitrogens with one attached hydrogen (secondary N) is 2. The molecule has 1 amide bonds. The van der Waals surface area contributed by atoms with Gasteiger partial charge in [-0.25, -0.2) is 18.1 Å². The highest BCUT2D eigenvalue weighted by Crippen LogP contribution is 2.10. The van der Waals surface area contributed by atoms with Crippen LogP contribution in [-0.2, 0) is 23.0 Å². The zero-order valence-electron chi connectivity index (χ0n) is 15.5. The van der Waals surface area contributed by atoms with Gasteiger partial charge in [0.2, 0.25) is 10.0 Å². The molecule has 0 aliphatic heterocycles. The SMILES string of the molecule is CNS(=O)(=O)c1ccc(C(=O)NCCc2nccn2Cc2ccccc2)cc1. The summed E-state index contributed by atoms with van der Waals surface area (Å²) in [4.78, 5) is 16.8. The van der Waals surface area contributed by atoms with Gasteiger partial charge in [0.15, 0.2) is 0 Å². The van der Waals surface area contributed by atoms with Gasteiger partial charge in [0.1, 0.15) is 5.82 Å². The van der Waals surface area contributed by atoms with Gasteiger partial charge >= 0.3 is 0 Å². The van der Waals surface area contributed by atoms with Gasteiger partial charge in [0.05, 0.1) is 4.90 Å². The molecule has 1 aromatic heterocycles. The number of nitrogens with zero attached hydrogens (tertiary/aromatic N) is 2. The number of carbonyl (C=O) groups is 1. The van der Waals surface area contributed by atoms with Crippen molar-refractivity contribution in [3.8, 4) is 0 Å². The third-order valence-corrected chi connectivity index (χ3v) is 5.76. The molecule has 0 saturated heterocycles. The predicted molar refractivity (Wildman–Crippen MR) is 106 cm³/mol. The van der Waals surface area contributed by atoms with Crippen LogP contribution in [0.1, 0.15) is 21.7 Å². The highest BCUT2D eigenvalue weighted by atomic mass is 32.2. The summed E-state index contributed by atoms with van der Waals surface area (Å²) < 4.78 is 27.8. The van der Waals surface area contributed by atoms with Gasteiger partial charge < -0.3 is 9.88 Å². The van der Waals surface area contributed by atoms with Crippen LogP contribution < -0.4 is 10.0 Å². The number of hydrogen-bond donors (Lipinski definition) is 2. The molecule has 0 saturated carbocycles. The fraction of sp³-hybridized carbons (Fsp3) is 0.200. The first-order valence-electron chi connectivity index (χ1n) is 8.85. The van der Waals surface area contributed by atoms with Gasteiger partial charge in [-0.2, -0.15) is 0 Å². The summed E-state index contributed by atoms with van der Waals surface area (Å²) in [5.41, 5.74) is 1.59. The number of benzene rings is 2. The first-order valence-corrected chi connectivity index (χ1v) is 10.3. The van der Waals surface area contributed by atoms with Crippen molar-refractivity contribution in [1.82, 2.24) is 19.6 Å². The number of rotatable bonds is 8. The van der Waals surface area contributed by atoms with Crippen molar-refractivity contribution in [3.05, 3.63) is 83.9 Å². The molecule has 0 bridgehead atoms. The number of hydrogen-bond acceptors (Lipinski definition) is 4. The minimum absolute atomic E-state index is 0.120. The van der Waals surface area contributed by atoms with E-state index in [0.29, 0.717) is 18.5 Å². The molecule has 3 rings (SSSR count). The number of aromatic nitrogens is 2. The molecule has 8 heteroatoms. The van der Waals surface area contributed by atoms with Gasteiger partial charge in [-0.3, -0.25) is 4.79 Å². The maximum Gasteiger partial charge on any atom is 0.251 e. The van der Waals surface area contributed by atoms with Gasteiger partial charge in [0.25, 0.3) is 5.91 Å². The molecule has 1 heterocycles. The summed E-state index contributed by atoms with van der Waals surface area (Å²) in [6.45, 7) is 1.16. The zero-order chi connectivity index (χ0) is 20.0. The summed E-state index contributed by atoms with van der Waals surface area (Å²) in [5.74, 6) is 0.634. The zero-order valence-corrected chi connectivity index (χ0v) is 16.3.